The number of rotatable bonds is 12. The fourth-order valence-corrected chi connectivity index (χ4v) is 20.2. The van der Waals surface area contributed by atoms with Crippen molar-refractivity contribution >= 4 is 101 Å². The Morgan fingerprint density at radius 2 is 0.576 bits per heavy atom. The molecule has 0 unspecified atom stereocenters. The van der Waals surface area contributed by atoms with Crippen LogP contribution in [0, 0.1) is 0 Å². The summed E-state index contributed by atoms with van der Waals surface area (Å²) < 4.78 is 5.10. The largest absolute Gasteiger partial charge is 0.310 e. The van der Waals surface area contributed by atoms with Gasteiger partial charge in [0.2, 0.25) is 0 Å². The number of aromatic nitrogens is 2. The molecule has 554 valence electrons. The Labute approximate surface area is 688 Å². The first-order valence-corrected chi connectivity index (χ1v) is 41.2. The molecule has 0 N–H and O–H groups in total. The molecule has 0 atom stereocenters. The van der Waals surface area contributed by atoms with Crippen molar-refractivity contribution in [1.82, 2.24) is 9.13 Å². The molecule has 4 heterocycles. The predicted octanol–water partition coefficient (Wildman–Crippen LogP) is 27.6. The number of hydrogen-bond donors (Lipinski definition) is 0. The third kappa shape index (κ3) is 10.6. The highest BCUT2D eigenvalue weighted by Crippen LogP contribution is 2.60. The first-order chi connectivity index (χ1) is 58.2. The van der Waals surface area contributed by atoms with Gasteiger partial charge in [-0.05, 0) is 196 Å². The highest BCUT2D eigenvalue weighted by Gasteiger charge is 2.49. The Morgan fingerprint density at radius 3 is 0.975 bits per heavy atom. The maximum Gasteiger partial charge on any atom is 0.252 e. The van der Waals surface area contributed by atoms with Crippen molar-refractivity contribution < 1.29 is 0 Å². The Kier molecular flexibility index (Phi) is 15.9. The molecule has 0 bridgehead atoms. The highest BCUT2D eigenvalue weighted by molar-refractivity contribution is 7.00. The molecule has 3 aliphatic rings. The van der Waals surface area contributed by atoms with Crippen LogP contribution in [0.3, 0.4) is 0 Å². The van der Waals surface area contributed by atoms with E-state index in [9.17, 15) is 0 Å². The van der Waals surface area contributed by atoms with Gasteiger partial charge in [0, 0.05) is 77.9 Å². The molecule has 0 saturated heterocycles. The summed E-state index contributed by atoms with van der Waals surface area (Å²) in [5, 5.41) is 4.84. The molecule has 1 aliphatic carbocycles. The number of hydrogen-bond acceptors (Lipinski definition) is 2. The van der Waals surface area contributed by atoms with Gasteiger partial charge in [-0.1, -0.05) is 354 Å². The van der Waals surface area contributed by atoms with E-state index in [1.807, 2.05) is 0 Å². The summed E-state index contributed by atoms with van der Waals surface area (Å²) in [5.41, 5.74) is 38.3. The van der Waals surface area contributed by atoms with E-state index in [1.54, 1.807) is 0 Å². The summed E-state index contributed by atoms with van der Waals surface area (Å²) in [6.45, 7) is 6.91. The second-order valence-corrected chi connectivity index (χ2v) is 33.0. The molecule has 118 heavy (non-hydrogen) atoms. The molecule has 2 aromatic heterocycles. The van der Waals surface area contributed by atoms with Crippen molar-refractivity contribution in [1.29, 1.82) is 0 Å². The van der Waals surface area contributed by atoms with Gasteiger partial charge in [-0.2, -0.15) is 0 Å². The van der Waals surface area contributed by atoms with Crippen molar-refractivity contribution in [2.75, 3.05) is 9.80 Å². The van der Waals surface area contributed by atoms with Crippen LogP contribution in [0.15, 0.2) is 425 Å². The van der Waals surface area contributed by atoms with Crippen molar-refractivity contribution in [3.05, 3.63) is 452 Å². The molecule has 0 amide bonds. The van der Waals surface area contributed by atoms with Crippen LogP contribution < -0.4 is 26.2 Å². The van der Waals surface area contributed by atoms with Crippen LogP contribution in [-0.2, 0) is 10.8 Å². The fourth-order valence-electron chi connectivity index (χ4n) is 20.2. The number of anilines is 6. The number of fused-ring (bicyclic) bond motifs is 13. The molecular formula is C113H79BN4. The second-order valence-electron chi connectivity index (χ2n) is 33.0. The Morgan fingerprint density at radius 1 is 0.237 bits per heavy atom. The maximum atomic E-state index is 2.74. The van der Waals surface area contributed by atoms with Gasteiger partial charge in [0.05, 0.1) is 38.9 Å². The standard InChI is InChI=1S/C113H79BN4/c1-112(2,3)84-68-107-109-108(69-84)118(111-93(78-44-20-8-21-45-78)66-81(75-38-14-5-15-39-75)67-94(111)79-46-22-9-23-47-79)106-71-86(116-103-59-35-31-55-90(103)96-72-95-87-52-28-32-56-97(87)113(98(95)73-104(96)116,82-48-24-10-25-49-82)83-50-26-11-27-51-83)61-63-100(106)114(109)99-62-60-85(115-101-57-33-29-53-88(101)89-54-30-34-58-102(89)115)70-105(99)117(107)110-91(76-40-16-6-17-41-76)64-80(74-36-12-4-13-37-74)65-92(110)77-42-18-7-19-43-77/h4-73H,1-3H3. The monoisotopic (exact) mass is 1500 g/mol. The van der Waals surface area contributed by atoms with E-state index in [2.05, 4.69) is 464 Å². The third-order valence-electron chi connectivity index (χ3n) is 25.5. The first-order valence-electron chi connectivity index (χ1n) is 41.2. The van der Waals surface area contributed by atoms with E-state index >= 15 is 0 Å². The average Bonchev–Trinajstić information content (AvgIpc) is 1.30. The van der Waals surface area contributed by atoms with Crippen molar-refractivity contribution in [3.8, 4) is 89.3 Å². The summed E-state index contributed by atoms with van der Waals surface area (Å²) in [5.74, 6) is 0. The molecule has 23 rings (SSSR count). The van der Waals surface area contributed by atoms with E-state index in [0.717, 1.165) is 134 Å². The van der Waals surface area contributed by atoms with Gasteiger partial charge in [-0.25, -0.2) is 0 Å². The van der Waals surface area contributed by atoms with E-state index in [-0.39, 0.29) is 12.1 Å². The van der Waals surface area contributed by atoms with Gasteiger partial charge in [0.15, 0.2) is 0 Å². The second kappa shape index (κ2) is 27.2. The summed E-state index contributed by atoms with van der Waals surface area (Å²) in [6.07, 6.45) is 0. The van der Waals surface area contributed by atoms with Crippen LogP contribution in [0.5, 0.6) is 0 Å². The van der Waals surface area contributed by atoms with Gasteiger partial charge in [0.25, 0.3) is 6.71 Å². The average molecular weight is 1500 g/mol. The lowest BCUT2D eigenvalue weighted by Crippen LogP contribution is -2.61. The van der Waals surface area contributed by atoms with Crippen molar-refractivity contribution in [2.24, 2.45) is 0 Å². The topological polar surface area (TPSA) is 16.3 Å². The number of para-hydroxylation sites is 3. The summed E-state index contributed by atoms with van der Waals surface area (Å²) >= 11 is 0. The smallest absolute Gasteiger partial charge is 0.252 e. The van der Waals surface area contributed by atoms with E-state index < -0.39 is 5.41 Å². The summed E-state index contributed by atoms with van der Waals surface area (Å²) in [7, 11) is 0. The minimum absolute atomic E-state index is 0.303. The lowest BCUT2D eigenvalue weighted by molar-refractivity contribution is 0.590. The molecule has 0 spiro atoms. The van der Waals surface area contributed by atoms with E-state index in [0.29, 0.717) is 0 Å². The quantitative estimate of drug-likeness (QED) is 0.113. The molecule has 2 aliphatic heterocycles. The lowest BCUT2D eigenvalue weighted by atomic mass is 9.33. The predicted molar refractivity (Wildman–Crippen MR) is 498 cm³/mol. The first kappa shape index (κ1) is 68.8. The molecular weight excluding hydrogens is 1420 g/mol. The zero-order valence-electron chi connectivity index (χ0n) is 65.8. The maximum absolute atomic E-state index is 2.74. The van der Waals surface area contributed by atoms with Crippen LogP contribution in [0.2, 0.25) is 0 Å². The van der Waals surface area contributed by atoms with Crippen LogP contribution in [0.4, 0.5) is 34.1 Å². The zero-order valence-corrected chi connectivity index (χ0v) is 65.8. The molecule has 20 aromatic rings. The van der Waals surface area contributed by atoms with Crippen molar-refractivity contribution in [3.63, 3.8) is 0 Å². The van der Waals surface area contributed by atoms with Crippen LogP contribution >= 0.6 is 0 Å². The highest BCUT2D eigenvalue weighted by atomic mass is 15.2. The molecule has 4 nitrogen and oxygen atoms in total. The van der Waals surface area contributed by atoms with Gasteiger partial charge < -0.3 is 18.9 Å². The minimum atomic E-state index is -0.631. The van der Waals surface area contributed by atoms with Crippen LogP contribution in [0.25, 0.3) is 133 Å². The Hall–Kier alpha value is -14.8. The minimum Gasteiger partial charge on any atom is -0.310 e. The number of nitrogens with zero attached hydrogens (tertiary/aromatic N) is 4. The van der Waals surface area contributed by atoms with E-state index in [1.165, 1.54) is 76.9 Å². The number of benzene rings is 18. The van der Waals surface area contributed by atoms with Gasteiger partial charge in [0.1, 0.15) is 0 Å². The molecule has 18 aromatic carbocycles. The molecule has 0 fully saturated rings. The molecule has 5 heteroatoms. The van der Waals surface area contributed by atoms with Gasteiger partial charge in [-0.3, -0.25) is 0 Å². The molecule has 0 radical (unpaired) electrons. The van der Waals surface area contributed by atoms with Gasteiger partial charge in [-0.15, -0.1) is 0 Å². The van der Waals surface area contributed by atoms with E-state index in [4.69, 9.17) is 0 Å². The SMILES string of the molecule is CC(C)(C)c1cc2c3c(c1)N(c1c(-c4ccccc4)cc(-c4ccccc4)cc1-c1ccccc1)c1cc(-n4c5ccccc5c5cc6c(cc54)C(c4ccccc4)(c4ccccc4)c4ccccc4-6)ccc1B3c1ccc(-n3c4ccccc4c4ccccc43)cc1N2c1c(-c2ccccc2)cc(-c2ccccc2)cc1-c1ccccc1. The normalized spacial score (nSPS) is 13.1. The van der Waals surface area contributed by atoms with Crippen LogP contribution in [0.1, 0.15) is 48.6 Å². The summed E-state index contributed by atoms with van der Waals surface area (Å²) in [4.78, 5) is 5.47. The lowest BCUT2D eigenvalue weighted by Gasteiger charge is -2.46. The third-order valence-corrected chi connectivity index (χ3v) is 25.5. The fraction of sp³-hybridized carbons (Fsp3) is 0.0442. The molecule has 0 saturated carbocycles. The Balaban J connectivity index is 0.881. The van der Waals surface area contributed by atoms with Crippen LogP contribution in [-0.4, -0.2) is 15.8 Å². The van der Waals surface area contributed by atoms with Crippen molar-refractivity contribution in [2.45, 2.75) is 31.6 Å². The van der Waals surface area contributed by atoms with Gasteiger partial charge >= 0.3 is 0 Å². The zero-order chi connectivity index (χ0) is 78.3. The Bertz CT molecular complexity index is 7160. The summed E-state index contributed by atoms with van der Waals surface area (Å²) in [6, 6.07) is 161.